The maximum Gasteiger partial charge on any atom is 0.260 e. The van der Waals surface area contributed by atoms with Gasteiger partial charge in [0.15, 0.2) is 0 Å². The van der Waals surface area contributed by atoms with Crippen LogP contribution in [0.15, 0.2) is 36.0 Å². The highest BCUT2D eigenvalue weighted by atomic mass is 35.5. The van der Waals surface area contributed by atoms with Gasteiger partial charge in [0.2, 0.25) is 5.95 Å². The van der Waals surface area contributed by atoms with E-state index in [0.29, 0.717) is 16.2 Å². The van der Waals surface area contributed by atoms with Crippen LogP contribution in [0.3, 0.4) is 0 Å². The summed E-state index contributed by atoms with van der Waals surface area (Å²) in [5.74, 6) is -1.44. The Kier molecular flexibility index (Phi) is 3.33. The predicted octanol–water partition coefficient (Wildman–Crippen LogP) is 3.74. The monoisotopic (exact) mass is 307 g/mol. The van der Waals surface area contributed by atoms with Crippen LogP contribution in [0.2, 0.25) is 5.02 Å². The average Bonchev–Trinajstić information content (AvgIpc) is 2.91. The van der Waals surface area contributed by atoms with E-state index < -0.39 is 11.9 Å². The minimum atomic E-state index is -0.827. The van der Waals surface area contributed by atoms with E-state index in [1.54, 1.807) is 11.6 Å². The molecule has 1 amide bonds. The zero-order chi connectivity index (χ0) is 14.1. The molecule has 1 aromatic carbocycles. The van der Waals surface area contributed by atoms with Crippen LogP contribution in [-0.4, -0.2) is 15.9 Å². The number of nitrogens with zero attached hydrogens (tertiary/aromatic N) is 2. The number of amides is 1. The summed E-state index contributed by atoms with van der Waals surface area (Å²) >= 11 is 7.50. The van der Waals surface area contributed by atoms with Crippen LogP contribution in [0.25, 0.3) is 10.2 Å². The molecule has 0 aliphatic heterocycles. The quantitative estimate of drug-likeness (QED) is 0.734. The maximum absolute atomic E-state index is 13.5. The average molecular weight is 308 g/mol. The Labute approximate surface area is 122 Å². The molecular formula is C13H7ClFN3OS. The number of halogens is 2. The second-order valence-corrected chi connectivity index (χ2v) is 5.21. The summed E-state index contributed by atoms with van der Waals surface area (Å²) in [7, 11) is 0. The molecule has 4 nitrogen and oxygen atoms in total. The van der Waals surface area contributed by atoms with E-state index in [-0.39, 0.29) is 5.56 Å². The third-order valence-corrected chi connectivity index (χ3v) is 3.80. The highest BCUT2D eigenvalue weighted by Gasteiger charge is 2.16. The fourth-order valence-electron chi connectivity index (χ4n) is 1.76. The van der Waals surface area contributed by atoms with Crippen molar-refractivity contribution in [2.24, 2.45) is 0 Å². The Balaban J connectivity index is 2.01. The molecule has 2 heterocycles. The van der Waals surface area contributed by atoms with E-state index in [1.807, 2.05) is 6.07 Å². The lowest BCUT2D eigenvalue weighted by molar-refractivity contribution is 0.102. The number of pyridine rings is 1. The number of rotatable bonds is 2. The summed E-state index contributed by atoms with van der Waals surface area (Å²) in [6.45, 7) is 0. The molecule has 3 rings (SSSR count). The van der Waals surface area contributed by atoms with E-state index in [0.717, 1.165) is 4.70 Å². The van der Waals surface area contributed by atoms with Crippen LogP contribution in [0.4, 0.5) is 10.1 Å². The molecule has 0 radical (unpaired) electrons. The standard InChI is InChI=1S/C13H7ClFN3OS/c14-8-3-4-9-11(17-6-20-9)10(8)18-13(19)7-2-1-5-16-12(7)15/h1-6H,(H,18,19). The smallest absolute Gasteiger partial charge is 0.260 e. The lowest BCUT2D eigenvalue weighted by Crippen LogP contribution is -2.15. The Hall–Kier alpha value is -2.05. The fourth-order valence-corrected chi connectivity index (χ4v) is 2.65. The van der Waals surface area contributed by atoms with Gasteiger partial charge in [0, 0.05) is 6.20 Å². The lowest BCUT2D eigenvalue weighted by Gasteiger charge is -2.08. The normalized spacial score (nSPS) is 10.7. The minimum Gasteiger partial charge on any atom is -0.319 e. The van der Waals surface area contributed by atoms with Crippen LogP contribution < -0.4 is 5.32 Å². The van der Waals surface area contributed by atoms with Crippen molar-refractivity contribution in [3.63, 3.8) is 0 Å². The first kappa shape index (κ1) is 13.0. The van der Waals surface area contributed by atoms with Crippen molar-refractivity contribution < 1.29 is 9.18 Å². The van der Waals surface area contributed by atoms with Crippen molar-refractivity contribution in [2.75, 3.05) is 5.32 Å². The number of nitrogens with one attached hydrogen (secondary N) is 1. The van der Waals surface area contributed by atoms with Gasteiger partial charge in [0.1, 0.15) is 5.52 Å². The van der Waals surface area contributed by atoms with Gasteiger partial charge in [-0.15, -0.1) is 11.3 Å². The molecule has 0 spiro atoms. The predicted molar refractivity (Wildman–Crippen MR) is 76.8 cm³/mol. The summed E-state index contributed by atoms with van der Waals surface area (Å²) in [6, 6.07) is 6.32. The number of carbonyl (C=O) groups excluding carboxylic acids is 1. The van der Waals surface area contributed by atoms with Gasteiger partial charge in [0.05, 0.1) is 26.5 Å². The lowest BCUT2D eigenvalue weighted by atomic mass is 10.2. The number of thiazole rings is 1. The van der Waals surface area contributed by atoms with Crippen molar-refractivity contribution in [2.45, 2.75) is 0 Å². The number of benzene rings is 1. The van der Waals surface area contributed by atoms with Gasteiger partial charge in [-0.2, -0.15) is 4.39 Å². The van der Waals surface area contributed by atoms with E-state index in [1.165, 1.54) is 29.7 Å². The molecule has 0 saturated heterocycles. The zero-order valence-corrected chi connectivity index (χ0v) is 11.5. The van der Waals surface area contributed by atoms with E-state index in [4.69, 9.17) is 11.6 Å². The molecule has 7 heteroatoms. The van der Waals surface area contributed by atoms with Crippen molar-refractivity contribution >= 4 is 44.7 Å². The molecule has 0 aliphatic carbocycles. The number of carbonyl (C=O) groups is 1. The summed E-state index contributed by atoms with van der Waals surface area (Å²) in [5.41, 5.74) is 2.47. The summed E-state index contributed by atoms with van der Waals surface area (Å²) in [4.78, 5) is 19.7. The SMILES string of the molecule is O=C(Nc1c(Cl)ccc2scnc12)c1cccnc1F. The van der Waals surface area contributed by atoms with Crippen LogP contribution in [0.5, 0.6) is 0 Å². The first-order valence-electron chi connectivity index (χ1n) is 5.60. The van der Waals surface area contributed by atoms with Crippen molar-refractivity contribution in [3.05, 3.63) is 52.5 Å². The second kappa shape index (κ2) is 5.15. The highest BCUT2D eigenvalue weighted by molar-refractivity contribution is 7.16. The summed E-state index contributed by atoms with van der Waals surface area (Å²) in [6.07, 6.45) is 1.28. The van der Waals surface area contributed by atoms with Gasteiger partial charge in [-0.25, -0.2) is 9.97 Å². The highest BCUT2D eigenvalue weighted by Crippen LogP contribution is 2.32. The van der Waals surface area contributed by atoms with Crippen LogP contribution in [0.1, 0.15) is 10.4 Å². The van der Waals surface area contributed by atoms with E-state index in [2.05, 4.69) is 15.3 Å². The first-order valence-corrected chi connectivity index (χ1v) is 6.86. The third-order valence-electron chi connectivity index (χ3n) is 2.69. The molecular weight excluding hydrogens is 301 g/mol. The summed E-state index contributed by atoms with van der Waals surface area (Å²) in [5, 5.41) is 2.94. The maximum atomic E-state index is 13.5. The van der Waals surface area contributed by atoms with Crippen LogP contribution in [0, 0.1) is 5.95 Å². The van der Waals surface area contributed by atoms with Gasteiger partial charge in [-0.3, -0.25) is 4.79 Å². The Bertz CT molecular complexity index is 805. The molecule has 100 valence electrons. The van der Waals surface area contributed by atoms with Gasteiger partial charge in [-0.1, -0.05) is 11.6 Å². The van der Waals surface area contributed by atoms with Gasteiger partial charge >= 0.3 is 0 Å². The first-order chi connectivity index (χ1) is 9.66. The summed E-state index contributed by atoms with van der Waals surface area (Å²) < 4.78 is 14.4. The number of anilines is 1. The van der Waals surface area contributed by atoms with Gasteiger partial charge in [0.25, 0.3) is 5.91 Å². The molecule has 0 fully saturated rings. The number of hydrogen-bond acceptors (Lipinski definition) is 4. The molecule has 2 aromatic heterocycles. The molecule has 0 saturated carbocycles. The van der Waals surface area contributed by atoms with Crippen LogP contribution in [-0.2, 0) is 0 Å². The molecule has 0 bridgehead atoms. The number of fused-ring (bicyclic) bond motifs is 1. The second-order valence-electron chi connectivity index (χ2n) is 3.92. The van der Waals surface area contributed by atoms with Crippen molar-refractivity contribution in [3.8, 4) is 0 Å². The molecule has 3 aromatic rings. The van der Waals surface area contributed by atoms with Crippen molar-refractivity contribution in [1.29, 1.82) is 0 Å². The number of aromatic nitrogens is 2. The molecule has 20 heavy (non-hydrogen) atoms. The Morgan fingerprint density at radius 2 is 2.15 bits per heavy atom. The fraction of sp³-hybridized carbons (Fsp3) is 0. The largest absolute Gasteiger partial charge is 0.319 e. The topological polar surface area (TPSA) is 54.9 Å². The van der Waals surface area contributed by atoms with E-state index in [9.17, 15) is 9.18 Å². The Morgan fingerprint density at radius 3 is 2.95 bits per heavy atom. The molecule has 0 unspecified atom stereocenters. The zero-order valence-electron chi connectivity index (χ0n) is 9.93. The Morgan fingerprint density at radius 1 is 1.30 bits per heavy atom. The molecule has 1 N–H and O–H groups in total. The number of hydrogen-bond donors (Lipinski definition) is 1. The van der Waals surface area contributed by atoms with Crippen molar-refractivity contribution in [1.82, 2.24) is 9.97 Å². The third kappa shape index (κ3) is 2.23. The van der Waals surface area contributed by atoms with Gasteiger partial charge in [-0.05, 0) is 24.3 Å². The molecule has 0 atom stereocenters. The minimum absolute atomic E-state index is 0.143. The van der Waals surface area contributed by atoms with E-state index >= 15 is 0 Å². The van der Waals surface area contributed by atoms with Crippen LogP contribution >= 0.6 is 22.9 Å². The molecule has 0 aliphatic rings. The van der Waals surface area contributed by atoms with Gasteiger partial charge < -0.3 is 5.32 Å².